The summed E-state index contributed by atoms with van der Waals surface area (Å²) >= 11 is 0. The van der Waals surface area contributed by atoms with Crippen LogP contribution in [0.5, 0.6) is 5.75 Å². The van der Waals surface area contributed by atoms with Crippen molar-refractivity contribution in [3.63, 3.8) is 0 Å². The molecule has 1 rings (SSSR count). The Morgan fingerprint density at radius 3 is 2.50 bits per heavy atom. The standard InChI is InChI=1S/C14H22O2/c1-11(2)7-6-10-16-14-9-5-4-8-13(14)12(3)15/h4-5,8-9,11-12,15H,6-7,10H2,1-3H3/t12-/m0/s1. The summed E-state index contributed by atoms with van der Waals surface area (Å²) in [5, 5.41) is 9.57. The minimum Gasteiger partial charge on any atom is -0.493 e. The Balaban J connectivity index is 2.47. The van der Waals surface area contributed by atoms with Crippen molar-refractivity contribution < 1.29 is 9.84 Å². The monoisotopic (exact) mass is 222 g/mol. The summed E-state index contributed by atoms with van der Waals surface area (Å²) in [7, 11) is 0. The summed E-state index contributed by atoms with van der Waals surface area (Å²) in [5.41, 5.74) is 0.868. The van der Waals surface area contributed by atoms with Crippen molar-refractivity contribution in [2.75, 3.05) is 6.61 Å². The van der Waals surface area contributed by atoms with E-state index in [1.54, 1.807) is 6.92 Å². The molecule has 2 nitrogen and oxygen atoms in total. The summed E-state index contributed by atoms with van der Waals surface area (Å²) in [6, 6.07) is 7.67. The zero-order valence-electron chi connectivity index (χ0n) is 10.4. The molecule has 0 aliphatic carbocycles. The molecule has 1 aromatic carbocycles. The molecule has 1 aromatic rings. The maximum absolute atomic E-state index is 9.57. The first-order valence-electron chi connectivity index (χ1n) is 6.01. The molecule has 0 saturated carbocycles. The van der Waals surface area contributed by atoms with Crippen molar-refractivity contribution in [2.24, 2.45) is 5.92 Å². The molecule has 0 bridgehead atoms. The first-order valence-corrected chi connectivity index (χ1v) is 6.01. The molecule has 1 atom stereocenters. The van der Waals surface area contributed by atoms with E-state index in [1.165, 1.54) is 6.42 Å². The van der Waals surface area contributed by atoms with Crippen LogP contribution in [0.25, 0.3) is 0 Å². The molecule has 1 N–H and O–H groups in total. The zero-order chi connectivity index (χ0) is 12.0. The lowest BCUT2D eigenvalue weighted by molar-refractivity contribution is 0.190. The van der Waals surface area contributed by atoms with Gasteiger partial charge in [0.15, 0.2) is 0 Å². The Labute approximate surface area is 98.3 Å². The highest BCUT2D eigenvalue weighted by Gasteiger charge is 2.07. The van der Waals surface area contributed by atoms with E-state index in [0.717, 1.165) is 30.3 Å². The zero-order valence-corrected chi connectivity index (χ0v) is 10.4. The molecule has 0 aliphatic heterocycles. The second-order valence-corrected chi connectivity index (χ2v) is 4.60. The van der Waals surface area contributed by atoms with Crippen molar-refractivity contribution in [2.45, 2.75) is 39.7 Å². The van der Waals surface area contributed by atoms with Crippen molar-refractivity contribution in [1.29, 1.82) is 0 Å². The number of benzene rings is 1. The molecule has 16 heavy (non-hydrogen) atoms. The van der Waals surface area contributed by atoms with Crippen LogP contribution >= 0.6 is 0 Å². The molecule has 0 unspecified atom stereocenters. The summed E-state index contributed by atoms with van der Waals surface area (Å²) in [5.74, 6) is 1.52. The molecular formula is C14H22O2. The van der Waals surface area contributed by atoms with Crippen LogP contribution in [0, 0.1) is 5.92 Å². The third-order valence-electron chi connectivity index (χ3n) is 2.55. The predicted octanol–water partition coefficient (Wildman–Crippen LogP) is 3.55. The van der Waals surface area contributed by atoms with E-state index in [2.05, 4.69) is 13.8 Å². The summed E-state index contributed by atoms with van der Waals surface area (Å²) in [6.07, 6.45) is 1.77. The topological polar surface area (TPSA) is 29.5 Å². The van der Waals surface area contributed by atoms with Gasteiger partial charge in [-0.25, -0.2) is 0 Å². The van der Waals surface area contributed by atoms with Crippen LogP contribution in [0.2, 0.25) is 0 Å². The van der Waals surface area contributed by atoms with Gasteiger partial charge in [0.1, 0.15) is 5.75 Å². The third kappa shape index (κ3) is 4.23. The van der Waals surface area contributed by atoms with E-state index >= 15 is 0 Å². The fraction of sp³-hybridized carbons (Fsp3) is 0.571. The van der Waals surface area contributed by atoms with Gasteiger partial charge < -0.3 is 9.84 Å². The van der Waals surface area contributed by atoms with Crippen LogP contribution in [-0.2, 0) is 0 Å². The van der Waals surface area contributed by atoms with Crippen LogP contribution in [0.1, 0.15) is 45.3 Å². The van der Waals surface area contributed by atoms with Crippen LogP contribution in [0.4, 0.5) is 0 Å². The average molecular weight is 222 g/mol. The highest BCUT2D eigenvalue weighted by Crippen LogP contribution is 2.24. The SMILES string of the molecule is CC(C)CCCOc1ccccc1[C@H](C)O. The Morgan fingerprint density at radius 2 is 1.88 bits per heavy atom. The lowest BCUT2D eigenvalue weighted by atomic mass is 10.1. The van der Waals surface area contributed by atoms with Crippen LogP contribution < -0.4 is 4.74 Å². The Hall–Kier alpha value is -1.02. The smallest absolute Gasteiger partial charge is 0.125 e. The van der Waals surface area contributed by atoms with Gasteiger partial charge in [-0.05, 0) is 31.7 Å². The van der Waals surface area contributed by atoms with Gasteiger partial charge in [0.25, 0.3) is 0 Å². The molecule has 0 heterocycles. The number of aliphatic hydroxyl groups excluding tert-OH is 1. The van der Waals surface area contributed by atoms with Gasteiger partial charge in [-0.15, -0.1) is 0 Å². The second-order valence-electron chi connectivity index (χ2n) is 4.60. The second kappa shape index (κ2) is 6.54. The summed E-state index contributed by atoms with van der Waals surface area (Å²) in [6.45, 7) is 6.91. The number of hydrogen-bond acceptors (Lipinski definition) is 2. The highest BCUT2D eigenvalue weighted by molar-refractivity contribution is 5.34. The Morgan fingerprint density at radius 1 is 1.19 bits per heavy atom. The molecule has 0 amide bonds. The summed E-state index contributed by atoms with van der Waals surface area (Å²) in [4.78, 5) is 0. The van der Waals surface area contributed by atoms with Crippen molar-refractivity contribution in [3.05, 3.63) is 29.8 Å². The van der Waals surface area contributed by atoms with Gasteiger partial charge in [-0.2, -0.15) is 0 Å². The van der Waals surface area contributed by atoms with E-state index in [4.69, 9.17) is 4.74 Å². The summed E-state index contributed by atoms with van der Waals surface area (Å²) < 4.78 is 5.69. The van der Waals surface area contributed by atoms with E-state index in [0.29, 0.717) is 0 Å². The lowest BCUT2D eigenvalue weighted by Gasteiger charge is -2.13. The van der Waals surface area contributed by atoms with Gasteiger partial charge in [0.2, 0.25) is 0 Å². The molecule has 0 radical (unpaired) electrons. The van der Waals surface area contributed by atoms with E-state index in [9.17, 15) is 5.11 Å². The average Bonchev–Trinajstić information content (AvgIpc) is 2.24. The lowest BCUT2D eigenvalue weighted by Crippen LogP contribution is -2.03. The molecule has 2 heteroatoms. The van der Waals surface area contributed by atoms with E-state index in [1.807, 2.05) is 24.3 Å². The van der Waals surface area contributed by atoms with Crippen molar-refractivity contribution >= 4 is 0 Å². The van der Waals surface area contributed by atoms with E-state index in [-0.39, 0.29) is 0 Å². The van der Waals surface area contributed by atoms with Crippen LogP contribution in [-0.4, -0.2) is 11.7 Å². The first kappa shape index (κ1) is 13.0. The predicted molar refractivity (Wildman–Crippen MR) is 66.6 cm³/mol. The maximum atomic E-state index is 9.57. The quantitative estimate of drug-likeness (QED) is 0.746. The number of ether oxygens (including phenoxy) is 1. The molecule has 90 valence electrons. The molecular weight excluding hydrogens is 200 g/mol. The van der Waals surface area contributed by atoms with Gasteiger partial charge in [0.05, 0.1) is 12.7 Å². The van der Waals surface area contributed by atoms with Crippen LogP contribution in [0.3, 0.4) is 0 Å². The van der Waals surface area contributed by atoms with E-state index < -0.39 is 6.10 Å². The fourth-order valence-electron chi connectivity index (χ4n) is 1.63. The number of aliphatic hydroxyl groups is 1. The minimum atomic E-state index is -0.471. The molecule has 0 spiro atoms. The first-order chi connectivity index (χ1) is 7.61. The maximum Gasteiger partial charge on any atom is 0.125 e. The molecule has 0 saturated heterocycles. The fourth-order valence-corrected chi connectivity index (χ4v) is 1.63. The largest absolute Gasteiger partial charge is 0.493 e. The molecule has 0 fully saturated rings. The molecule has 0 aliphatic rings. The van der Waals surface area contributed by atoms with Crippen molar-refractivity contribution in [1.82, 2.24) is 0 Å². The normalized spacial score (nSPS) is 12.8. The van der Waals surface area contributed by atoms with Crippen LogP contribution in [0.15, 0.2) is 24.3 Å². The minimum absolute atomic E-state index is 0.471. The van der Waals surface area contributed by atoms with Gasteiger partial charge in [-0.3, -0.25) is 0 Å². The van der Waals surface area contributed by atoms with Gasteiger partial charge in [-0.1, -0.05) is 32.0 Å². The van der Waals surface area contributed by atoms with Gasteiger partial charge >= 0.3 is 0 Å². The number of para-hydroxylation sites is 1. The highest BCUT2D eigenvalue weighted by atomic mass is 16.5. The van der Waals surface area contributed by atoms with Crippen molar-refractivity contribution in [3.8, 4) is 5.75 Å². The van der Waals surface area contributed by atoms with Gasteiger partial charge in [0, 0.05) is 5.56 Å². The molecule has 0 aromatic heterocycles. The number of rotatable bonds is 6. The Kier molecular flexibility index (Phi) is 5.33. The number of hydrogen-bond donors (Lipinski definition) is 1. The Bertz CT molecular complexity index is 305. The third-order valence-corrected chi connectivity index (χ3v) is 2.55.